The number of carbonyl (C=O) groups is 3. The van der Waals surface area contributed by atoms with Crippen molar-refractivity contribution in [1.82, 2.24) is 15.5 Å². The third kappa shape index (κ3) is 6.74. The van der Waals surface area contributed by atoms with Gasteiger partial charge in [0.15, 0.2) is 5.17 Å². The maximum atomic E-state index is 13.6. The van der Waals surface area contributed by atoms with Crippen molar-refractivity contribution in [2.75, 3.05) is 0 Å². The molecule has 41 heavy (non-hydrogen) atoms. The molecule has 2 heterocycles. The predicted octanol–water partition coefficient (Wildman–Crippen LogP) is 4.88. The molecule has 3 amide bonds. The Bertz CT molecular complexity index is 1490. The Morgan fingerprint density at radius 2 is 1.61 bits per heavy atom. The molecule has 0 saturated carbocycles. The Kier molecular flexibility index (Phi) is 8.94. The molecule has 3 aromatic carbocycles. The molecule has 3 aromatic rings. The summed E-state index contributed by atoms with van der Waals surface area (Å²) in [6.45, 7) is 4.83. The van der Waals surface area contributed by atoms with E-state index in [0.29, 0.717) is 36.2 Å². The average molecular weight is 568 g/mol. The highest BCUT2D eigenvalue weighted by atomic mass is 32.2. The molecule has 0 fully saturated rings. The molecule has 2 N–H and O–H groups in total. The van der Waals surface area contributed by atoms with Crippen molar-refractivity contribution in [3.8, 4) is 0 Å². The quantitative estimate of drug-likeness (QED) is 0.365. The number of aryl methyl sites for hydroxylation is 1. The molecule has 2 atom stereocenters. The molecule has 0 spiro atoms. The van der Waals surface area contributed by atoms with Gasteiger partial charge in [-0.05, 0) is 43.0 Å². The summed E-state index contributed by atoms with van der Waals surface area (Å²) in [6, 6.07) is 24.6. The molecule has 2 aliphatic rings. The summed E-state index contributed by atoms with van der Waals surface area (Å²) in [4.78, 5) is 50.4. The van der Waals surface area contributed by atoms with Gasteiger partial charge in [0.05, 0.1) is 10.9 Å². The van der Waals surface area contributed by atoms with Crippen LogP contribution in [0.3, 0.4) is 0 Å². The Balaban J connectivity index is 1.26. The van der Waals surface area contributed by atoms with Crippen molar-refractivity contribution in [3.05, 3.63) is 101 Å². The summed E-state index contributed by atoms with van der Waals surface area (Å²) in [5.41, 5.74) is 4.66. The number of aliphatic imine (C=N–C) groups is 2. The van der Waals surface area contributed by atoms with Gasteiger partial charge in [0.25, 0.3) is 5.91 Å². The van der Waals surface area contributed by atoms with Crippen LogP contribution in [0.2, 0.25) is 0 Å². The van der Waals surface area contributed by atoms with Crippen LogP contribution in [0.5, 0.6) is 0 Å². The van der Waals surface area contributed by atoms with Gasteiger partial charge in [-0.25, -0.2) is 9.89 Å². The van der Waals surface area contributed by atoms with E-state index in [-0.39, 0.29) is 30.6 Å². The van der Waals surface area contributed by atoms with Gasteiger partial charge >= 0.3 is 0 Å². The first-order chi connectivity index (χ1) is 19.9. The number of hydrogen-bond donors (Lipinski definition) is 2. The molecule has 0 unspecified atom stereocenters. The van der Waals surface area contributed by atoms with Crippen molar-refractivity contribution in [1.29, 1.82) is 0 Å². The van der Waals surface area contributed by atoms with Crippen molar-refractivity contribution in [2.24, 2.45) is 9.98 Å². The zero-order valence-electron chi connectivity index (χ0n) is 23.2. The van der Waals surface area contributed by atoms with Gasteiger partial charge in [-0.1, -0.05) is 91.0 Å². The third-order valence-electron chi connectivity index (χ3n) is 7.02. The maximum Gasteiger partial charge on any atom is 0.259 e. The van der Waals surface area contributed by atoms with E-state index in [4.69, 9.17) is 9.98 Å². The third-order valence-corrected chi connectivity index (χ3v) is 8.34. The van der Waals surface area contributed by atoms with Crippen molar-refractivity contribution < 1.29 is 14.4 Å². The fourth-order valence-electron chi connectivity index (χ4n) is 4.68. The predicted molar refractivity (Wildman–Crippen MR) is 163 cm³/mol. The molecule has 0 saturated heterocycles. The monoisotopic (exact) mass is 567 g/mol. The topological polar surface area (TPSA) is 103 Å². The number of amides is 3. The van der Waals surface area contributed by atoms with E-state index >= 15 is 0 Å². The summed E-state index contributed by atoms with van der Waals surface area (Å²) in [6.07, 6.45) is 1.02. The second-order valence-corrected chi connectivity index (χ2v) is 11.2. The molecule has 0 bridgehead atoms. The second-order valence-electron chi connectivity index (χ2n) is 10.1. The number of benzene rings is 3. The number of carbonyl (C=O) groups excluding carboxylic acids is 3. The lowest BCUT2D eigenvalue weighted by Crippen LogP contribution is -2.43. The van der Waals surface area contributed by atoms with Crippen LogP contribution < -0.4 is 10.6 Å². The zero-order chi connectivity index (χ0) is 28.8. The Labute approximate surface area is 244 Å². The normalized spacial score (nSPS) is 16.3. The van der Waals surface area contributed by atoms with Crippen LogP contribution in [0.25, 0.3) is 0 Å². The van der Waals surface area contributed by atoms with E-state index in [2.05, 4.69) is 10.6 Å². The minimum Gasteiger partial charge on any atom is -0.352 e. The SMILES string of the molecule is CC[C@@H](SC1=Nc2ccccc2C2=N[C@@H](CCC(=O)NCc3ccccc3)C(=O)N12)C(=O)NCc1ccc(C)cc1. The number of fused-ring (bicyclic) bond motifs is 3. The number of para-hydroxylation sites is 1. The van der Waals surface area contributed by atoms with Gasteiger partial charge in [-0.3, -0.25) is 19.4 Å². The van der Waals surface area contributed by atoms with Crippen molar-refractivity contribution >= 4 is 46.2 Å². The van der Waals surface area contributed by atoms with Crippen LogP contribution in [0.4, 0.5) is 5.69 Å². The molecule has 8 nitrogen and oxygen atoms in total. The number of nitrogens with zero attached hydrogens (tertiary/aromatic N) is 3. The van der Waals surface area contributed by atoms with Crippen LogP contribution >= 0.6 is 11.8 Å². The fraction of sp³-hybridized carbons (Fsp3) is 0.281. The van der Waals surface area contributed by atoms with Crippen molar-refractivity contribution in [2.45, 2.75) is 57.5 Å². The van der Waals surface area contributed by atoms with Gasteiger partial charge < -0.3 is 10.6 Å². The zero-order valence-corrected chi connectivity index (χ0v) is 24.0. The minimum absolute atomic E-state index is 0.114. The number of rotatable bonds is 10. The van der Waals surface area contributed by atoms with Crippen LogP contribution in [-0.2, 0) is 27.5 Å². The van der Waals surface area contributed by atoms with Gasteiger partial charge in [0.1, 0.15) is 11.9 Å². The van der Waals surface area contributed by atoms with Gasteiger partial charge in [0.2, 0.25) is 11.8 Å². The van der Waals surface area contributed by atoms with Gasteiger partial charge in [0, 0.05) is 25.1 Å². The second kappa shape index (κ2) is 13.0. The first-order valence-corrected chi connectivity index (χ1v) is 14.7. The van der Waals surface area contributed by atoms with E-state index in [1.807, 2.05) is 92.7 Å². The van der Waals surface area contributed by atoms with Crippen LogP contribution in [0.15, 0.2) is 88.8 Å². The van der Waals surface area contributed by atoms with E-state index < -0.39 is 11.3 Å². The molecular formula is C32H33N5O3S. The molecule has 0 radical (unpaired) electrons. The summed E-state index contributed by atoms with van der Waals surface area (Å²) in [5, 5.41) is 5.92. The van der Waals surface area contributed by atoms with Crippen LogP contribution in [0.1, 0.15) is 48.4 Å². The van der Waals surface area contributed by atoms with Crippen LogP contribution in [-0.4, -0.2) is 44.9 Å². The summed E-state index contributed by atoms with van der Waals surface area (Å²) in [7, 11) is 0. The molecule has 2 aliphatic heterocycles. The number of hydrogen-bond acceptors (Lipinski definition) is 6. The summed E-state index contributed by atoms with van der Waals surface area (Å²) < 4.78 is 0. The standard InChI is InChI=1S/C32H33N5O3S/c1-3-27(30(39)34-20-23-15-13-21(2)14-16-23)41-32-36-25-12-8-7-11-24(25)29-35-26(31(40)37(29)32)17-18-28(38)33-19-22-9-5-4-6-10-22/h4-16,26-27H,3,17-20H2,1-2H3,(H,33,38)(H,34,39)/t26-,27+/m0/s1. The smallest absolute Gasteiger partial charge is 0.259 e. The maximum absolute atomic E-state index is 13.6. The van der Waals surface area contributed by atoms with Crippen molar-refractivity contribution in [3.63, 3.8) is 0 Å². The first kappa shape index (κ1) is 28.3. The lowest BCUT2D eigenvalue weighted by atomic mass is 10.1. The van der Waals surface area contributed by atoms with E-state index in [0.717, 1.165) is 22.3 Å². The number of thioether (sulfide) groups is 1. The Morgan fingerprint density at radius 1 is 0.927 bits per heavy atom. The molecule has 9 heteroatoms. The molecule has 0 aliphatic carbocycles. The highest BCUT2D eigenvalue weighted by molar-refractivity contribution is 8.15. The number of amidine groups is 2. The molecular weight excluding hydrogens is 534 g/mol. The lowest BCUT2D eigenvalue weighted by Gasteiger charge is -2.27. The average Bonchev–Trinajstić information content (AvgIpc) is 3.34. The fourth-order valence-corrected chi connectivity index (χ4v) is 5.72. The van der Waals surface area contributed by atoms with Crippen LogP contribution in [0, 0.1) is 6.92 Å². The highest BCUT2D eigenvalue weighted by Crippen LogP contribution is 2.35. The molecule has 210 valence electrons. The minimum atomic E-state index is -0.695. The van der Waals surface area contributed by atoms with Gasteiger partial charge in [-0.2, -0.15) is 0 Å². The highest BCUT2D eigenvalue weighted by Gasteiger charge is 2.42. The number of nitrogens with one attached hydrogen (secondary N) is 2. The summed E-state index contributed by atoms with van der Waals surface area (Å²) in [5.74, 6) is 0.0438. The molecule has 0 aromatic heterocycles. The van der Waals surface area contributed by atoms with E-state index in [9.17, 15) is 14.4 Å². The van der Waals surface area contributed by atoms with Gasteiger partial charge in [-0.15, -0.1) is 0 Å². The van der Waals surface area contributed by atoms with E-state index in [1.165, 1.54) is 16.7 Å². The lowest BCUT2D eigenvalue weighted by molar-refractivity contribution is -0.125. The summed E-state index contributed by atoms with van der Waals surface area (Å²) >= 11 is 1.27. The van der Waals surface area contributed by atoms with E-state index in [1.54, 1.807) is 0 Å². The Hall–Kier alpha value is -4.24. The first-order valence-electron chi connectivity index (χ1n) is 13.8. The Morgan fingerprint density at radius 3 is 2.37 bits per heavy atom. The molecule has 5 rings (SSSR count). The largest absolute Gasteiger partial charge is 0.352 e.